The highest BCUT2D eigenvalue weighted by Crippen LogP contribution is 2.26. The van der Waals surface area contributed by atoms with Crippen LogP contribution >= 0.6 is 0 Å². The van der Waals surface area contributed by atoms with Crippen LogP contribution in [0.2, 0.25) is 0 Å². The number of hydrogen-bond donors (Lipinski definition) is 1. The first-order valence-electron chi connectivity index (χ1n) is 8.03. The van der Waals surface area contributed by atoms with E-state index in [1.54, 1.807) is 48.7 Å². The molecule has 3 rings (SSSR count). The molecular weight excluding hydrogens is 330 g/mol. The highest BCUT2D eigenvalue weighted by atomic mass is 16.4. The number of nitrogens with zero attached hydrogens (tertiary/aromatic N) is 1. The van der Waals surface area contributed by atoms with E-state index < -0.39 is 5.97 Å². The minimum atomic E-state index is -0.959. The molecule has 0 atom stereocenters. The molecule has 1 N–H and O–H groups in total. The Morgan fingerprint density at radius 2 is 1.85 bits per heavy atom. The van der Waals surface area contributed by atoms with Crippen molar-refractivity contribution in [2.45, 2.75) is 13.8 Å². The quantitative estimate of drug-likeness (QED) is 0.525. The predicted molar refractivity (Wildman–Crippen MR) is 99.5 cm³/mol. The molecule has 0 aliphatic carbocycles. The van der Waals surface area contributed by atoms with Gasteiger partial charge >= 0.3 is 5.97 Å². The van der Waals surface area contributed by atoms with Gasteiger partial charge in [-0.1, -0.05) is 18.2 Å². The van der Waals surface area contributed by atoms with Crippen LogP contribution in [0.1, 0.15) is 39.0 Å². The fourth-order valence-corrected chi connectivity index (χ4v) is 2.58. The van der Waals surface area contributed by atoms with Gasteiger partial charge in [0.2, 0.25) is 0 Å². The van der Waals surface area contributed by atoms with Crippen LogP contribution in [0.3, 0.4) is 0 Å². The average molecular weight is 347 g/mol. The summed E-state index contributed by atoms with van der Waals surface area (Å²) in [7, 11) is 0. The second kappa shape index (κ2) is 7.19. The maximum absolute atomic E-state index is 11.4. The lowest BCUT2D eigenvalue weighted by molar-refractivity contribution is 0.0696. The van der Waals surface area contributed by atoms with E-state index in [0.717, 1.165) is 11.1 Å². The zero-order chi connectivity index (χ0) is 18.7. The molecule has 0 radical (unpaired) electrons. The molecule has 130 valence electrons. The Hall–Kier alpha value is -3.47. The summed E-state index contributed by atoms with van der Waals surface area (Å²) in [6, 6.07) is 15.6. The van der Waals surface area contributed by atoms with Crippen molar-refractivity contribution in [1.82, 2.24) is 0 Å². The highest BCUT2D eigenvalue weighted by molar-refractivity contribution is 5.95. The van der Waals surface area contributed by atoms with E-state index >= 15 is 0 Å². The van der Waals surface area contributed by atoms with Gasteiger partial charge in [0.25, 0.3) is 0 Å². The summed E-state index contributed by atoms with van der Waals surface area (Å²) >= 11 is 0. The second-order valence-electron chi connectivity index (χ2n) is 5.90. The summed E-state index contributed by atoms with van der Waals surface area (Å²) in [6.45, 7) is 3.35. The number of carbonyl (C=O) groups excluding carboxylic acids is 1. The third-order valence-electron chi connectivity index (χ3n) is 3.96. The molecule has 0 aliphatic rings. The first-order valence-corrected chi connectivity index (χ1v) is 8.03. The molecule has 5 heteroatoms. The Labute approximate surface area is 150 Å². The van der Waals surface area contributed by atoms with Crippen molar-refractivity contribution in [2.24, 2.45) is 4.99 Å². The molecule has 0 saturated heterocycles. The van der Waals surface area contributed by atoms with E-state index in [9.17, 15) is 9.59 Å². The predicted octanol–water partition coefficient (Wildman–Crippen LogP) is 4.91. The fourth-order valence-electron chi connectivity index (χ4n) is 2.58. The summed E-state index contributed by atoms with van der Waals surface area (Å²) in [5.41, 5.74) is 3.15. The molecule has 0 saturated carbocycles. The molecule has 0 fully saturated rings. The number of benzene rings is 2. The van der Waals surface area contributed by atoms with E-state index in [0.29, 0.717) is 22.8 Å². The maximum Gasteiger partial charge on any atom is 0.335 e. The number of aromatic carboxylic acids is 1. The summed E-state index contributed by atoms with van der Waals surface area (Å²) in [4.78, 5) is 26.8. The van der Waals surface area contributed by atoms with Crippen molar-refractivity contribution < 1.29 is 19.1 Å². The number of furan rings is 1. The first kappa shape index (κ1) is 17.4. The number of rotatable bonds is 5. The molecule has 26 heavy (non-hydrogen) atoms. The number of carbonyl (C=O) groups is 2. The van der Waals surface area contributed by atoms with E-state index in [2.05, 4.69) is 4.99 Å². The molecule has 2 aromatic carbocycles. The Morgan fingerprint density at radius 3 is 2.54 bits per heavy atom. The topological polar surface area (TPSA) is 79.9 Å². The minimum absolute atomic E-state index is 0.0115. The van der Waals surface area contributed by atoms with Gasteiger partial charge in [0.15, 0.2) is 5.78 Å². The summed E-state index contributed by atoms with van der Waals surface area (Å²) < 4.78 is 5.79. The van der Waals surface area contributed by atoms with Crippen LogP contribution in [0.15, 0.2) is 64.0 Å². The monoisotopic (exact) mass is 347 g/mol. The summed E-state index contributed by atoms with van der Waals surface area (Å²) in [5, 5.41) is 9.04. The first-order chi connectivity index (χ1) is 12.4. The van der Waals surface area contributed by atoms with Gasteiger partial charge in [0.1, 0.15) is 11.5 Å². The van der Waals surface area contributed by atoms with Gasteiger partial charge in [0.05, 0.1) is 17.5 Å². The van der Waals surface area contributed by atoms with Crippen LogP contribution in [0.25, 0.3) is 11.3 Å². The van der Waals surface area contributed by atoms with Crippen molar-refractivity contribution in [3.63, 3.8) is 0 Å². The number of Topliss-reactive ketones (excluding diaryl/α,β-unsaturated/α-hetero) is 1. The number of hydrogen-bond acceptors (Lipinski definition) is 4. The number of ketones is 1. The zero-order valence-corrected chi connectivity index (χ0v) is 14.4. The van der Waals surface area contributed by atoms with Crippen molar-refractivity contribution in [3.05, 3.63) is 77.0 Å². The highest BCUT2D eigenvalue weighted by Gasteiger charge is 2.10. The molecule has 0 spiro atoms. The summed E-state index contributed by atoms with van der Waals surface area (Å²) in [6.07, 6.45) is 1.59. The molecular formula is C21H17NO4. The molecule has 1 aromatic heterocycles. The standard InChI is InChI=1S/C21H17NO4/c1-13-10-16(21(24)25)6-8-19(13)20-9-7-18(26-20)12-22-17-5-3-4-15(11-17)14(2)23/h3-12H,1-2H3,(H,24,25). The van der Waals surface area contributed by atoms with Gasteiger partial charge in [-0.3, -0.25) is 9.79 Å². The average Bonchev–Trinajstić information content (AvgIpc) is 3.08. The van der Waals surface area contributed by atoms with Crippen LogP contribution in [0.4, 0.5) is 5.69 Å². The van der Waals surface area contributed by atoms with Gasteiger partial charge in [-0.15, -0.1) is 0 Å². The van der Waals surface area contributed by atoms with Crippen LogP contribution in [-0.2, 0) is 0 Å². The Balaban J connectivity index is 1.83. The van der Waals surface area contributed by atoms with Crippen molar-refractivity contribution >= 4 is 23.7 Å². The van der Waals surface area contributed by atoms with Gasteiger partial charge in [0, 0.05) is 11.1 Å². The van der Waals surface area contributed by atoms with Gasteiger partial charge in [-0.2, -0.15) is 0 Å². The number of aryl methyl sites for hydroxylation is 1. The molecule has 1 heterocycles. The Bertz CT molecular complexity index is 1010. The van der Waals surface area contributed by atoms with E-state index in [-0.39, 0.29) is 11.3 Å². The zero-order valence-electron chi connectivity index (χ0n) is 14.4. The van der Waals surface area contributed by atoms with Gasteiger partial charge in [-0.05, 0) is 55.8 Å². The molecule has 0 unspecified atom stereocenters. The lowest BCUT2D eigenvalue weighted by Gasteiger charge is -2.03. The van der Waals surface area contributed by atoms with Crippen molar-refractivity contribution in [1.29, 1.82) is 0 Å². The number of carboxylic acids is 1. The number of aliphatic imine (C=N–C) groups is 1. The smallest absolute Gasteiger partial charge is 0.335 e. The fraction of sp³-hybridized carbons (Fsp3) is 0.0952. The third-order valence-corrected chi connectivity index (χ3v) is 3.96. The van der Waals surface area contributed by atoms with Crippen LogP contribution < -0.4 is 0 Å². The van der Waals surface area contributed by atoms with E-state index in [1.807, 2.05) is 19.1 Å². The summed E-state index contributed by atoms with van der Waals surface area (Å²) in [5.74, 6) is 0.232. The van der Waals surface area contributed by atoms with E-state index in [1.165, 1.54) is 6.92 Å². The maximum atomic E-state index is 11.4. The minimum Gasteiger partial charge on any atom is -0.478 e. The third kappa shape index (κ3) is 3.78. The second-order valence-corrected chi connectivity index (χ2v) is 5.90. The lowest BCUT2D eigenvalue weighted by Crippen LogP contribution is -1.96. The normalized spacial score (nSPS) is 11.0. The van der Waals surface area contributed by atoms with Crippen LogP contribution in [0.5, 0.6) is 0 Å². The van der Waals surface area contributed by atoms with Crippen molar-refractivity contribution in [2.75, 3.05) is 0 Å². The molecule has 0 bridgehead atoms. The van der Waals surface area contributed by atoms with Crippen LogP contribution in [-0.4, -0.2) is 23.1 Å². The van der Waals surface area contributed by atoms with E-state index in [4.69, 9.17) is 9.52 Å². The molecule has 0 aliphatic heterocycles. The Kier molecular flexibility index (Phi) is 4.80. The van der Waals surface area contributed by atoms with Crippen molar-refractivity contribution in [3.8, 4) is 11.3 Å². The van der Waals surface area contributed by atoms with Gasteiger partial charge < -0.3 is 9.52 Å². The molecule has 5 nitrogen and oxygen atoms in total. The molecule has 3 aromatic rings. The molecule has 0 amide bonds. The number of carboxylic acid groups (broad SMARTS) is 1. The van der Waals surface area contributed by atoms with Gasteiger partial charge in [-0.25, -0.2) is 4.79 Å². The lowest BCUT2D eigenvalue weighted by atomic mass is 10.0. The largest absolute Gasteiger partial charge is 0.478 e. The Morgan fingerprint density at radius 1 is 1.04 bits per heavy atom. The SMILES string of the molecule is CC(=O)c1cccc(N=Cc2ccc(-c3ccc(C(=O)O)cc3C)o2)c1. The van der Waals surface area contributed by atoms with Crippen LogP contribution in [0, 0.1) is 6.92 Å².